The number of benzene rings is 1. The molecule has 0 aromatic heterocycles. The van der Waals surface area contributed by atoms with Gasteiger partial charge >= 0.3 is 6.09 Å². The molecule has 0 spiro atoms. The lowest BCUT2D eigenvalue weighted by Crippen LogP contribution is -2.37. The number of allylic oxidation sites excluding steroid dienone is 1. The highest BCUT2D eigenvalue weighted by molar-refractivity contribution is 7.99. The Morgan fingerprint density at radius 2 is 2.14 bits per heavy atom. The van der Waals surface area contributed by atoms with E-state index in [1.54, 1.807) is 22.7 Å². The molecule has 5 nitrogen and oxygen atoms in total. The smallest absolute Gasteiger partial charge is 0.411 e. The molecule has 1 aliphatic heterocycles. The summed E-state index contributed by atoms with van der Waals surface area (Å²) in [5.74, 6) is -0.325. The first-order valence-electron chi connectivity index (χ1n) is 7.03. The van der Waals surface area contributed by atoms with Crippen molar-refractivity contribution in [1.29, 1.82) is 0 Å². The number of carboxylic acids is 1. The molecule has 1 saturated heterocycles. The van der Waals surface area contributed by atoms with E-state index in [4.69, 9.17) is 4.74 Å². The Morgan fingerprint density at radius 3 is 2.77 bits per heavy atom. The Bertz CT molecular complexity index is 546. The van der Waals surface area contributed by atoms with E-state index in [-0.39, 0.29) is 23.9 Å². The topological polar surface area (TPSA) is 69.7 Å². The number of methoxy groups -OCH3 is 1. The van der Waals surface area contributed by atoms with Crippen molar-refractivity contribution in [2.45, 2.75) is 24.3 Å². The molecule has 1 heterocycles. The molecule has 22 heavy (non-hydrogen) atoms. The molecule has 0 bridgehead atoms. The zero-order valence-corrected chi connectivity index (χ0v) is 13.1. The van der Waals surface area contributed by atoms with Crippen LogP contribution in [0.3, 0.4) is 0 Å². The molecule has 1 aromatic rings. The fourth-order valence-corrected chi connectivity index (χ4v) is 3.74. The van der Waals surface area contributed by atoms with Gasteiger partial charge in [-0.15, -0.1) is 11.8 Å². The molecule has 2 rings (SSSR count). The quantitative estimate of drug-likeness (QED) is 0.776. The average molecular weight is 320 g/mol. The Morgan fingerprint density at radius 1 is 1.41 bits per heavy atom. The van der Waals surface area contributed by atoms with Crippen LogP contribution in [-0.2, 0) is 9.53 Å². The van der Waals surface area contributed by atoms with Gasteiger partial charge in [-0.2, -0.15) is 0 Å². The van der Waals surface area contributed by atoms with Gasteiger partial charge in [0.15, 0.2) is 0 Å². The zero-order chi connectivity index (χ0) is 15.9. The van der Waals surface area contributed by atoms with Gasteiger partial charge in [-0.05, 0) is 18.4 Å². The van der Waals surface area contributed by atoms with E-state index in [1.807, 2.05) is 36.4 Å². The maximum absolute atomic E-state index is 12.1. The number of amides is 1. The summed E-state index contributed by atoms with van der Waals surface area (Å²) in [6, 6.07) is 9.67. The first-order valence-corrected chi connectivity index (χ1v) is 8.07. The van der Waals surface area contributed by atoms with Crippen molar-refractivity contribution in [1.82, 2.24) is 4.90 Å². The molecule has 2 atom stereocenters. The maximum atomic E-state index is 12.1. The van der Waals surface area contributed by atoms with Crippen LogP contribution in [0.4, 0.5) is 4.79 Å². The lowest BCUT2D eigenvalue weighted by Gasteiger charge is -2.26. The van der Waals surface area contributed by atoms with Gasteiger partial charge in [-0.3, -0.25) is 4.90 Å². The normalized spacial score (nSPS) is 21.2. The second-order valence-corrected chi connectivity index (χ2v) is 5.99. The van der Waals surface area contributed by atoms with Crippen molar-refractivity contribution in [3.63, 3.8) is 0 Å². The number of hydrogen-bond acceptors (Lipinski definition) is 5. The highest BCUT2D eigenvalue weighted by Crippen LogP contribution is 2.41. The highest BCUT2D eigenvalue weighted by atomic mass is 32.2. The molecular formula is C16H18NO4S-. The van der Waals surface area contributed by atoms with E-state index in [1.165, 1.54) is 7.11 Å². The Kier molecular flexibility index (Phi) is 5.89. The molecule has 0 radical (unpaired) electrons. The lowest BCUT2D eigenvalue weighted by atomic mass is 10.1. The second kappa shape index (κ2) is 7.89. The van der Waals surface area contributed by atoms with Crippen LogP contribution in [-0.4, -0.2) is 35.9 Å². The standard InChI is InChI=1S/C16H19NO4S/c1-21-16(20)17-13(9-5-6-10-14(18)19)11-22-15(17)12-7-3-2-4-8-12/h2-5,7-9,13,15H,6,10-11H2,1H3,(H,18,19)/p-1/b9-5+. The van der Waals surface area contributed by atoms with Gasteiger partial charge in [0.1, 0.15) is 5.37 Å². The van der Waals surface area contributed by atoms with Gasteiger partial charge in [0.25, 0.3) is 0 Å². The third-order valence-electron chi connectivity index (χ3n) is 3.38. The Hall–Kier alpha value is -1.95. The largest absolute Gasteiger partial charge is 0.550 e. The summed E-state index contributed by atoms with van der Waals surface area (Å²) in [6.45, 7) is 0. The molecular weight excluding hydrogens is 302 g/mol. The number of aliphatic carboxylic acids is 1. The number of carboxylic acid groups (broad SMARTS) is 1. The lowest BCUT2D eigenvalue weighted by molar-refractivity contribution is -0.305. The summed E-state index contributed by atoms with van der Waals surface area (Å²) >= 11 is 1.66. The van der Waals surface area contributed by atoms with Crippen molar-refractivity contribution in [3.05, 3.63) is 48.0 Å². The van der Waals surface area contributed by atoms with Gasteiger partial charge in [0, 0.05) is 11.7 Å². The fraction of sp³-hybridized carbons (Fsp3) is 0.375. The van der Waals surface area contributed by atoms with Gasteiger partial charge in [0.2, 0.25) is 0 Å². The molecule has 0 aliphatic carbocycles. The minimum absolute atomic E-state index is 0.0172. The van der Waals surface area contributed by atoms with E-state index in [9.17, 15) is 14.7 Å². The van der Waals surface area contributed by atoms with Gasteiger partial charge in [-0.25, -0.2) is 4.79 Å². The summed E-state index contributed by atoms with van der Waals surface area (Å²) in [5.41, 5.74) is 1.04. The van der Waals surface area contributed by atoms with E-state index in [0.29, 0.717) is 6.42 Å². The van der Waals surface area contributed by atoms with Crippen molar-refractivity contribution in [2.24, 2.45) is 0 Å². The van der Waals surface area contributed by atoms with Crippen LogP contribution in [0.2, 0.25) is 0 Å². The van der Waals surface area contributed by atoms with E-state index in [2.05, 4.69) is 0 Å². The van der Waals surface area contributed by atoms with E-state index < -0.39 is 5.97 Å². The third kappa shape index (κ3) is 4.04. The van der Waals surface area contributed by atoms with Crippen molar-refractivity contribution < 1.29 is 19.4 Å². The van der Waals surface area contributed by atoms with Gasteiger partial charge in [-0.1, -0.05) is 42.5 Å². The molecule has 1 amide bonds. The molecule has 1 fully saturated rings. The van der Waals surface area contributed by atoms with Crippen LogP contribution in [0.15, 0.2) is 42.5 Å². The molecule has 2 unspecified atom stereocenters. The molecule has 1 aliphatic rings. The summed E-state index contributed by atoms with van der Waals surface area (Å²) in [5, 5.41) is 10.3. The summed E-state index contributed by atoms with van der Waals surface area (Å²) in [4.78, 5) is 24.2. The van der Waals surface area contributed by atoms with Crippen LogP contribution < -0.4 is 5.11 Å². The highest BCUT2D eigenvalue weighted by Gasteiger charge is 2.37. The first-order chi connectivity index (χ1) is 10.6. The minimum atomic E-state index is -1.07. The van der Waals surface area contributed by atoms with Gasteiger partial charge in [0.05, 0.1) is 13.2 Å². The minimum Gasteiger partial charge on any atom is -0.550 e. The number of ether oxygens (including phenoxy) is 1. The zero-order valence-electron chi connectivity index (χ0n) is 12.3. The Labute approximate surface area is 133 Å². The predicted octanol–water partition coefficient (Wildman–Crippen LogP) is 1.96. The van der Waals surface area contributed by atoms with E-state index in [0.717, 1.165) is 11.3 Å². The average Bonchev–Trinajstić information content (AvgIpc) is 2.95. The Balaban J connectivity index is 2.11. The van der Waals surface area contributed by atoms with Crippen LogP contribution in [0.5, 0.6) is 0 Å². The monoisotopic (exact) mass is 320 g/mol. The second-order valence-electron chi connectivity index (χ2n) is 4.88. The molecule has 0 saturated carbocycles. The number of nitrogens with zero attached hydrogens (tertiary/aromatic N) is 1. The molecule has 118 valence electrons. The number of thioether (sulfide) groups is 1. The molecule has 6 heteroatoms. The van der Waals surface area contributed by atoms with E-state index >= 15 is 0 Å². The number of carbonyl (C=O) groups is 2. The third-order valence-corrected chi connectivity index (χ3v) is 4.73. The van der Waals surface area contributed by atoms with Crippen LogP contribution in [0, 0.1) is 0 Å². The van der Waals surface area contributed by atoms with Crippen LogP contribution >= 0.6 is 11.8 Å². The molecule has 1 aromatic carbocycles. The van der Waals surface area contributed by atoms with Crippen LogP contribution in [0.25, 0.3) is 0 Å². The molecule has 0 N–H and O–H groups in total. The first kappa shape index (κ1) is 16.4. The van der Waals surface area contributed by atoms with Crippen molar-refractivity contribution in [2.75, 3.05) is 12.9 Å². The number of carbonyl (C=O) groups excluding carboxylic acids is 2. The number of hydrogen-bond donors (Lipinski definition) is 0. The van der Waals surface area contributed by atoms with Crippen molar-refractivity contribution in [3.8, 4) is 0 Å². The maximum Gasteiger partial charge on any atom is 0.411 e. The fourth-order valence-electron chi connectivity index (χ4n) is 2.34. The van der Waals surface area contributed by atoms with Gasteiger partial charge < -0.3 is 14.6 Å². The SMILES string of the molecule is COC(=O)N1C(/C=C/CCC(=O)[O-])CSC1c1ccccc1. The van der Waals surface area contributed by atoms with Crippen molar-refractivity contribution >= 4 is 23.8 Å². The summed E-state index contributed by atoms with van der Waals surface area (Å²) in [7, 11) is 1.37. The summed E-state index contributed by atoms with van der Waals surface area (Å²) in [6.07, 6.45) is 3.65. The predicted molar refractivity (Wildman–Crippen MR) is 83.1 cm³/mol. The number of rotatable bonds is 5. The summed E-state index contributed by atoms with van der Waals surface area (Å²) < 4.78 is 4.90. The van der Waals surface area contributed by atoms with Crippen LogP contribution in [0.1, 0.15) is 23.8 Å².